The van der Waals surface area contributed by atoms with Gasteiger partial charge in [0.15, 0.2) is 5.78 Å². The molecule has 2 heterocycles. The molecule has 1 aliphatic rings. The van der Waals surface area contributed by atoms with Gasteiger partial charge in [-0.3, -0.25) is 19.3 Å². The predicted molar refractivity (Wildman–Crippen MR) is 139 cm³/mol. The number of para-hydroxylation sites is 1. The number of nitrogens with one attached hydrogen (secondary N) is 1. The van der Waals surface area contributed by atoms with Crippen LogP contribution >= 0.6 is 11.3 Å². The largest absolute Gasteiger partial charge is 0.351 e. The molecule has 1 N–H and O–H groups in total. The van der Waals surface area contributed by atoms with Crippen LogP contribution in [0.2, 0.25) is 0 Å². The molecule has 0 unspecified atom stereocenters. The number of hydrogen-bond acceptors (Lipinski definition) is 6. The number of benzene rings is 2. The van der Waals surface area contributed by atoms with Crippen LogP contribution in [-0.2, 0) is 16.1 Å². The zero-order chi connectivity index (χ0) is 25.1. The fourth-order valence-electron chi connectivity index (χ4n) is 4.70. The van der Waals surface area contributed by atoms with Crippen molar-refractivity contribution in [2.75, 3.05) is 4.90 Å². The summed E-state index contributed by atoms with van der Waals surface area (Å²) in [6.45, 7) is 1.41. The number of anilines is 1. The number of rotatable bonds is 8. The molecule has 2 amide bonds. The Morgan fingerprint density at radius 2 is 1.81 bits per heavy atom. The second kappa shape index (κ2) is 10.4. The van der Waals surface area contributed by atoms with E-state index in [1.54, 1.807) is 28.9 Å². The number of aromatic nitrogens is 3. The highest BCUT2D eigenvalue weighted by atomic mass is 32.1. The number of Topliss-reactive ketones (excluding diaryl/α,β-unsaturated/α-hetero) is 1. The van der Waals surface area contributed by atoms with Crippen LogP contribution < -0.4 is 10.2 Å². The van der Waals surface area contributed by atoms with Gasteiger partial charge in [-0.15, -0.1) is 16.4 Å². The van der Waals surface area contributed by atoms with Gasteiger partial charge >= 0.3 is 0 Å². The highest BCUT2D eigenvalue weighted by molar-refractivity contribution is 7.10. The molecule has 5 rings (SSSR count). The van der Waals surface area contributed by atoms with E-state index in [1.165, 1.54) is 23.2 Å². The minimum Gasteiger partial charge on any atom is -0.351 e. The van der Waals surface area contributed by atoms with Crippen molar-refractivity contribution in [3.8, 4) is 0 Å². The van der Waals surface area contributed by atoms with Crippen LogP contribution in [0.15, 0.2) is 66.0 Å². The standard InChI is InChI=1S/C27H27N5O3S/c1-18(33)19-12-14-21(15-13-19)32(25(34)17-31-23-10-5-4-9-22(23)29-30-31)26(24-11-6-16-36-24)27(35)28-20-7-2-3-8-20/h4-6,9-16,20,26H,2-3,7-8,17H2,1H3,(H,28,35)/t26-/m1/s1. The smallest absolute Gasteiger partial charge is 0.249 e. The average molecular weight is 502 g/mol. The van der Waals surface area contributed by atoms with Gasteiger partial charge in [-0.25, -0.2) is 4.68 Å². The number of carbonyl (C=O) groups excluding carboxylic acids is 3. The number of amides is 2. The number of fused-ring (bicyclic) bond motifs is 1. The Hall–Kier alpha value is -3.85. The van der Waals surface area contributed by atoms with Crippen molar-refractivity contribution in [2.45, 2.75) is 51.2 Å². The Bertz CT molecular complexity index is 1370. The molecule has 0 saturated heterocycles. The van der Waals surface area contributed by atoms with Crippen molar-refractivity contribution in [2.24, 2.45) is 0 Å². The van der Waals surface area contributed by atoms with Crippen LogP contribution in [-0.4, -0.2) is 38.6 Å². The van der Waals surface area contributed by atoms with Crippen LogP contribution in [0.1, 0.15) is 53.9 Å². The maximum atomic E-state index is 13.9. The maximum absolute atomic E-state index is 13.9. The maximum Gasteiger partial charge on any atom is 0.249 e. The van der Waals surface area contributed by atoms with Gasteiger partial charge in [-0.05, 0) is 67.6 Å². The van der Waals surface area contributed by atoms with Crippen molar-refractivity contribution >= 4 is 45.7 Å². The van der Waals surface area contributed by atoms with Gasteiger partial charge in [-0.1, -0.05) is 36.3 Å². The van der Waals surface area contributed by atoms with E-state index in [1.807, 2.05) is 41.8 Å². The van der Waals surface area contributed by atoms with Gasteiger partial charge in [0, 0.05) is 22.2 Å². The molecule has 0 radical (unpaired) electrons. The number of hydrogen-bond donors (Lipinski definition) is 1. The highest BCUT2D eigenvalue weighted by Crippen LogP contribution is 2.32. The van der Waals surface area contributed by atoms with E-state index >= 15 is 0 Å². The third-order valence-corrected chi connectivity index (χ3v) is 7.47. The van der Waals surface area contributed by atoms with E-state index in [-0.39, 0.29) is 30.2 Å². The van der Waals surface area contributed by atoms with Gasteiger partial charge in [0.05, 0.1) is 5.52 Å². The molecule has 9 heteroatoms. The first-order chi connectivity index (χ1) is 17.5. The molecule has 1 atom stereocenters. The summed E-state index contributed by atoms with van der Waals surface area (Å²) in [5, 5.41) is 13.4. The molecule has 1 aliphatic carbocycles. The van der Waals surface area contributed by atoms with E-state index in [9.17, 15) is 14.4 Å². The summed E-state index contributed by atoms with van der Waals surface area (Å²) in [5.41, 5.74) is 2.50. The quantitative estimate of drug-likeness (QED) is 0.358. The molecule has 1 fully saturated rings. The third kappa shape index (κ3) is 4.92. The first-order valence-corrected chi connectivity index (χ1v) is 12.9. The van der Waals surface area contributed by atoms with Crippen LogP contribution in [0.25, 0.3) is 11.0 Å². The van der Waals surface area contributed by atoms with Crippen molar-refractivity contribution < 1.29 is 14.4 Å². The molecule has 8 nitrogen and oxygen atoms in total. The lowest BCUT2D eigenvalue weighted by molar-refractivity contribution is -0.127. The van der Waals surface area contributed by atoms with Crippen LogP contribution in [0, 0.1) is 0 Å². The minimum absolute atomic E-state index is 0.0673. The summed E-state index contributed by atoms with van der Waals surface area (Å²) < 4.78 is 1.55. The Kier molecular flexibility index (Phi) is 6.90. The van der Waals surface area contributed by atoms with Gasteiger partial charge in [-0.2, -0.15) is 0 Å². The molecule has 0 bridgehead atoms. The van der Waals surface area contributed by atoms with E-state index < -0.39 is 6.04 Å². The summed E-state index contributed by atoms with van der Waals surface area (Å²) in [4.78, 5) is 41.8. The zero-order valence-electron chi connectivity index (χ0n) is 20.0. The second-order valence-corrected chi connectivity index (χ2v) is 9.99. The first kappa shape index (κ1) is 23.9. The average Bonchev–Trinajstić information content (AvgIpc) is 3.66. The SMILES string of the molecule is CC(=O)c1ccc(N(C(=O)Cn2nnc3ccccc32)[C@@H](C(=O)NC2CCCC2)c2cccs2)cc1. The normalized spacial score (nSPS) is 14.6. The van der Waals surface area contributed by atoms with Crippen molar-refractivity contribution in [3.63, 3.8) is 0 Å². The van der Waals surface area contributed by atoms with E-state index in [0.29, 0.717) is 16.8 Å². The molecule has 4 aromatic rings. The predicted octanol–water partition coefficient (Wildman–Crippen LogP) is 4.53. The zero-order valence-corrected chi connectivity index (χ0v) is 20.8. The van der Waals surface area contributed by atoms with Crippen molar-refractivity contribution in [1.29, 1.82) is 0 Å². The fourth-order valence-corrected chi connectivity index (χ4v) is 5.52. The number of ketones is 1. The van der Waals surface area contributed by atoms with Gasteiger partial charge in [0.2, 0.25) is 11.8 Å². The Labute approximate surface area is 212 Å². The van der Waals surface area contributed by atoms with Crippen LogP contribution in [0.4, 0.5) is 5.69 Å². The summed E-state index contributed by atoms with van der Waals surface area (Å²) in [5.74, 6) is -0.583. The molecule has 1 saturated carbocycles. The minimum atomic E-state index is -0.851. The lowest BCUT2D eigenvalue weighted by Crippen LogP contribution is -2.47. The summed E-state index contributed by atoms with van der Waals surface area (Å²) >= 11 is 1.43. The Balaban J connectivity index is 1.54. The van der Waals surface area contributed by atoms with Gasteiger partial charge in [0.1, 0.15) is 18.1 Å². The Morgan fingerprint density at radius 3 is 2.50 bits per heavy atom. The molecule has 2 aromatic carbocycles. The van der Waals surface area contributed by atoms with Crippen molar-refractivity contribution in [1.82, 2.24) is 20.3 Å². The van der Waals surface area contributed by atoms with Gasteiger partial charge in [0.25, 0.3) is 0 Å². The molecule has 0 aliphatic heterocycles. The van der Waals surface area contributed by atoms with Crippen molar-refractivity contribution in [3.05, 3.63) is 76.5 Å². The van der Waals surface area contributed by atoms with E-state index in [0.717, 1.165) is 36.1 Å². The fraction of sp³-hybridized carbons (Fsp3) is 0.296. The van der Waals surface area contributed by atoms with E-state index in [4.69, 9.17) is 0 Å². The molecular weight excluding hydrogens is 474 g/mol. The molecule has 36 heavy (non-hydrogen) atoms. The lowest BCUT2D eigenvalue weighted by Gasteiger charge is -2.31. The van der Waals surface area contributed by atoms with E-state index in [2.05, 4.69) is 15.6 Å². The second-order valence-electron chi connectivity index (χ2n) is 9.01. The molecule has 0 spiro atoms. The number of nitrogens with zero attached hydrogens (tertiary/aromatic N) is 4. The summed E-state index contributed by atoms with van der Waals surface area (Å²) in [6, 6.07) is 17.2. The monoisotopic (exact) mass is 501 g/mol. The van der Waals surface area contributed by atoms with Crippen LogP contribution in [0.3, 0.4) is 0 Å². The first-order valence-electron chi connectivity index (χ1n) is 12.1. The molecule has 2 aromatic heterocycles. The Morgan fingerprint density at radius 1 is 1.06 bits per heavy atom. The lowest BCUT2D eigenvalue weighted by atomic mass is 10.1. The molecular formula is C27H27N5O3S. The highest BCUT2D eigenvalue weighted by Gasteiger charge is 2.35. The van der Waals surface area contributed by atoms with Gasteiger partial charge < -0.3 is 5.32 Å². The number of thiophene rings is 1. The summed E-state index contributed by atoms with van der Waals surface area (Å²) in [6.07, 6.45) is 4.05. The third-order valence-electron chi connectivity index (χ3n) is 6.55. The summed E-state index contributed by atoms with van der Waals surface area (Å²) in [7, 11) is 0. The number of carbonyl (C=O) groups is 3. The molecule has 184 valence electrons. The van der Waals surface area contributed by atoms with Crippen LogP contribution in [0.5, 0.6) is 0 Å². The topological polar surface area (TPSA) is 97.2 Å².